The van der Waals surface area contributed by atoms with E-state index in [9.17, 15) is 0 Å². The molecule has 0 atom stereocenters. The van der Waals surface area contributed by atoms with Gasteiger partial charge >= 0.3 is 0 Å². The predicted octanol–water partition coefficient (Wildman–Crippen LogP) is 5.35. The fourth-order valence-electron chi connectivity index (χ4n) is 1.82. The lowest BCUT2D eigenvalue weighted by molar-refractivity contribution is 0.552. The first-order chi connectivity index (χ1) is 9.63. The normalized spacial score (nSPS) is 11.0. The zero-order valence-electron chi connectivity index (χ0n) is 11.9. The van der Waals surface area contributed by atoms with Crippen LogP contribution in [0.25, 0.3) is 0 Å². The average Bonchev–Trinajstić information content (AvgIpc) is 2.43. The van der Waals surface area contributed by atoms with Crippen LogP contribution in [-0.2, 0) is 6.54 Å². The van der Waals surface area contributed by atoms with Crippen LogP contribution in [0.4, 0.5) is 0 Å². The summed E-state index contributed by atoms with van der Waals surface area (Å²) in [6.45, 7) is 6.46. The molecule has 0 saturated heterocycles. The molecule has 20 heavy (non-hydrogen) atoms. The van der Waals surface area contributed by atoms with E-state index in [2.05, 4.69) is 83.6 Å². The van der Waals surface area contributed by atoms with Gasteiger partial charge in [-0.05, 0) is 54.4 Å². The Morgan fingerprint density at radius 1 is 0.950 bits per heavy atom. The molecule has 0 amide bonds. The van der Waals surface area contributed by atoms with Gasteiger partial charge < -0.3 is 5.32 Å². The van der Waals surface area contributed by atoms with Crippen LogP contribution >= 0.6 is 27.7 Å². The number of rotatable bonds is 6. The van der Waals surface area contributed by atoms with Crippen molar-refractivity contribution in [3.8, 4) is 0 Å². The van der Waals surface area contributed by atoms with Crippen LogP contribution in [0.3, 0.4) is 0 Å². The van der Waals surface area contributed by atoms with Gasteiger partial charge in [-0.25, -0.2) is 0 Å². The third-order valence-corrected chi connectivity index (χ3v) is 4.40. The van der Waals surface area contributed by atoms with Crippen molar-refractivity contribution in [3.63, 3.8) is 0 Å². The van der Waals surface area contributed by atoms with Crippen LogP contribution in [0.5, 0.6) is 0 Å². The molecule has 0 saturated carbocycles. The number of halogens is 1. The zero-order valence-corrected chi connectivity index (χ0v) is 14.3. The maximum atomic E-state index is 3.46. The summed E-state index contributed by atoms with van der Waals surface area (Å²) >= 11 is 5.25. The van der Waals surface area contributed by atoms with Crippen molar-refractivity contribution >= 4 is 27.7 Å². The van der Waals surface area contributed by atoms with Crippen molar-refractivity contribution in [1.82, 2.24) is 5.32 Å². The Kier molecular flexibility index (Phi) is 6.14. The Morgan fingerprint density at radius 3 is 2.05 bits per heavy atom. The molecule has 0 aliphatic heterocycles. The van der Waals surface area contributed by atoms with Gasteiger partial charge in [0.05, 0.1) is 0 Å². The van der Waals surface area contributed by atoms with Gasteiger partial charge in [0.25, 0.3) is 0 Å². The van der Waals surface area contributed by atoms with Crippen LogP contribution in [0.15, 0.2) is 62.8 Å². The van der Waals surface area contributed by atoms with E-state index in [-0.39, 0.29) is 0 Å². The largest absolute Gasteiger partial charge is 0.312 e. The van der Waals surface area contributed by atoms with Crippen LogP contribution in [0.2, 0.25) is 0 Å². The van der Waals surface area contributed by atoms with Gasteiger partial charge in [-0.15, -0.1) is 0 Å². The molecule has 106 valence electrons. The fraction of sp³-hybridized carbons (Fsp3) is 0.294. The maximum Gasteiger partial charge on any atom is 0.0205 e. The lowest BCUT2D eigenvalue weighted by Crippen LogP contribution is -2.18. The second-order valence-electron chi connectivity index (χ2n) is 5.22. The topological polar surface area (TPSA) is 12.0 Å². The molecule has 3 heteroatoms. The van der Waals surface area contributed by atoms with Gasteiger partial charge in [0.15, 0.2) is 0 Å². The van der Waals surface area contributed by atoms with Crippen LogP contribution in [-0.4, -0.2) is 6.54 Å². The summed E-state index contributed by atoms with van der Waals surface area (Å²) in [5, 5.41) is 3.46. The molecule has 1 nitrogen and oxygen atoms in total. The van der Waals surface area contributed by atoms with Gasteiger partial charge in [0, 0.05) is 20.8 Å². The second kappa shape index (κ2) is 7.87. The molecule has 0 radical (unpaired) electrons. The summed E-state index contributed by atoms with van der Waals surface area (Å²) in [5.74, 6) is 0.697. The smallest absolute Gasteiger partial charge is 0.0205 e. The third kappa shape index (κ3) is 5.31. The molecule has 0 bridgehead atoms. The van der Waals surface area contributed by atoms with Crippen molar-refractivity contribution in [3.05, 3.63) is 58.6 Å². The van der Waals surface area contributed by atoms with Crippen LogP contribution in [0, 0.1) is 5.92 Å². The number of hydrogen-bond donors (Lipinski definition) is 1. The van der Waals surface area contributed by atoms with E-state index >= 15 is 0 Å². The highest BCUT2D eigenvalue weighted by molar-refractivity contribution is 9.10. The molecule has 0 aliphatic rings. The minimum atomic E-state index is 0.697. The van der Waals surface area contributed by atoms with Crippen LogP contribution in [0.1, 0.15) is 19.4 Å². The number of hydrogen-bond acceptors (Lipinski definition) is 2. The number of benzene rings is 2. The summed E-state index contributed by atoms with van der Waals surface area (Å²) in [6.07, 6.45) is 0. The summed E-state index contributed by atoms with van der Waals surface area (Å²) in [7, 11) is 0. The molecule has 0 spiro atoms. The Balaban J connectivity index is 1.89. The summed E-state index contributed by atoms with van der Waals surface area (Å²) in [4.78, 5) is 2.54. The minimum absolute atomic E-state index is 0.697. The van der Waals surface area contributed by atoms with E-state index in [0.717, 1.165) is 17.6 Å². The third-order valence-electron chi connectivity index (χ3n) is 2.85. The highest BCUT2D eigenvalue weighted by atomic mass is 79.9. The van der Waals surface area contributed by atoms with E-state index in [0.29, 0.717) is 5.92 Å². The average molecular weight is 350 g/mol. The first-order valence-corrected chi connectivity index (χ1v) is 8.47. The van der Waals surface area contributed by atoms with Gasteiger partial charge in [-0.1, -0.05) is 53.7 Å². The molecular weight excluding hydrogens is 330 g/mol. The van der Waals surface area contributed by atoms with E-state index in [4.69, 9.17) is 0 Å². The lowest BCUT2D eigenvalue weighted by atomic mass is 10.2. The highest BCUT2D eigenvalue weighted by Gasteiger charge is 1.99. The first kappa shape index (κ1) is 15.6. The van der Waals surface area contributed by atoms with E-state index in [1.165, 1.54) is 15.4 Å². The molecule has 0 unspecified atom stereocenters. The van der Waals surface area contributed by atoms with Crippen molar-refractivity contribution in [2.24, 2.45) is 5.92 Å². The standard InChI is InChI=1S/C17H20BrNS/c1-13(2)11-19-12-14-3-7-16(8-4-14)20-17-9-5-15(18)6-10-17/h3-10,13,19H,11-12H2,1-2H3. The first-order valence-electron chi connectivity index (χ1n) is 6.86. The molecular formula is C17H20BrNS. The zero-order chi connectivity index (χ0) is 14.4. The Bertz CT molecular complexity index is 520. The van der Waals surface area contributed by atoms with Gasteiger partial charge in [-0.3, -0.25) is 0 Å². The van der Waals surface area contributed by atoms with Gasteiger partial charge in [0.1, 0.15) is 0 Å². The van der Waals surface area contributed by atoms with E-state index in [1.54, 1.807) is 11.8 Å². The van der Waals surface area contributed by atoms with Crippen molar-refractivity contribution in [1.29, 1.82) is 0 Å². The predicted molar refractivity (Wildman–Crippen MR) is 91.3 cm³/mol. The maximum absolute atomic E-state index is 3.46. The Hall–Kier alpha value is -0.770. The highest BCUT2D eigenvalue weighted by Crippen LogP contribution is 2.28. The van der Waals surface area contributed by atoms with Gasteiger partial charge in [0.2, 0.25) is 0 Å². The number of nitrogens with one attached hydrogen (secondary N) is 1. The Morgan fingerprint density at radius 2 is 1.50 bits per heavy atom. The molecule has 0 fully saturated rings. The molecule has 2 aromatic carbocycles. The van der Waals surface area contributed by atoms with E-state index in [1.807, 2.05) is 0 Å². The monoisotopic (exact) mass is 349 g/mol. The van der Waals surface area contributed by atoms with Crippen molar-refractivity contribution < 1.29 is 0 Å². The summed E-state index contributed by atoms with van der Waals surface area (Å²) in [5.41, 5.74) is 1.34. The molecule has 0 heterocycles. The molecule has 1 N–H and O–H groups in total. The molecule has 0 aliphatic carbocycles. The van der Waals surface area contributed by atoms with Crippen LogP contribution < -0.4 is 5.32 Å². The Labute approximate surface area is 134 Å². The summed E-state index contributed by atoms with van der Waals surface area (Å²) in [6, 6.07) is 17.2. The lowest BCUT2D eigenvalue weighted by Gasteiger charge is -2.08. The quantitative estimate of drug-likeness (QED) is 0.754. The molecule has 2 aromatic rings. The second-order valence-corrected chi connectivity index (χ2v) is 7.29. The molecule has 2 rings (SSSR count). The fourth-order valence-corrected chi connectivity index (χ4v) is 2.90. The van der Waals surface area contributed by atoms with Crippen molar-refractivity contribution in [2.45, 2.75) is 30.2 Å². The molecule has 0 aromatic heterocycles. The van der Waals surface area contributed by atoms with E-state index < -0.39 is 0 Å². The summed E-state index contributed by atoms with van der Waals surface area (Å²) < 4.78 is 1.12. The van der Waals surface area contributed by atoms with Crippen molar-refractivity contribution in [2.75, 3.05) is 6.54 Å². The minimum Gasteiger partial charge on any atom is -0.312 e. The SMILES string of the molecule is CC(C)CNCc1ccc(Sc2ccc(Br)cc2)cc1. The van der Waals surface area contributed by atoms with Gasteiger partial charge in [-0.2, -0.15) is 0 Å².